The lowest BCUT2D eigenvalue weighted by molar-refractivity contribution is -0.137. The van der Waals surface area contributed by atoms with Gasteiger partial charge in [-0.3, -0.25) is 4.79 Å². The third kappa shape index (κ3) is 5.76. The molecule has 0 radical (unpaired) electrons. The van der Waals surface area contributed by atoms with E-state index in [-0.39, 0.29) is 6.42 Å². The van der Waals surface area contributed by atoms with E-state index in [0.29, 0.717) is 18.5 Å². The van der Waals surface area contributed by atoms with Gasteiger partial charge in [0.1, 0.15) is 0 Å². The summed E-state index contributed by atoms with van der Waals surface area (Å²) >= 11 is 0. The Bertz CT molecular complexity index is 441. The third-order valence-corrected chi connectivity index (χ3v) is 3.91. The van der Waals surface area contributed by atoms with Gasteiger partial charge in [0.2, 0.25) is 0 Å². The molecule has 1 aromatic carbocycles. The molecule has 1 atom stereocenters. The first-order valence-corrected chi connectivity index (χ1v) is 7.49. The van der Waals surface area contributed by atoms with Gasteiger partial charge in [0.15, 0.2) is 0 Å². The summed E-state index contributed by atoms with van der Waals surface area (Å²) in [5.41, 5.74) is 2.49. The molecule has 1 rings (SSSR count). The van der Waals surface area contributed by atoms with E-state index < -0.39 is 5.97 Å². The number of anilines is 1. The first kappa shape index (κ1) is 17.5. The van der Waals surface area contributed by atoms with Crippen LogP contribution in [0.1, 0.15) is 25.8 Å². The first-order chi connectivity index (χ1) is 9.81. The van der Waals surface area contributed by atoms with Crippen molar-refractivity contribution in [2.24, 2.45) is 5.92 Å². The van der Waals surface area contributed by atoms with Crippen LogP contribution in [-0.2, 0) is 11.2 Å². The molecule has 4 heteroatoms. The maximum atomic E-state index is 10.7. The van der Waals surface area contributed by atoms with Crippen molar-refractivity contribution in [3.8, 4) is 0 Å². The molecule has 118 valence electrons. The van der Waals surface area contributed by atoms with Gasteiger partial charge in [-0.2, -0.15) is 0 Å². The summed E-state index contributed by atoms with van der Waals surface area (Å²) in [7, 11) is 6.08. The zero-order valence-corrected chi connectivity index (χ0v) is 13.8. The molecule has 1 unspecified atom stereocenters. The van der Waals surface area contributed by atoms with E-state index in [1.807, 2.05) is 21.1 Å². The predicted octanol–water partition coefficient (Wildman–Crippen LogP) is 2.73. The van der Waals surface area contributed by atoms with Gasteiger partial charge >= 0.3 is 5.97 Å². The predicted molar refractivity (Wildman–Crippen MR) is 88.0 cm³/mol. The molecule has 1 aromatic rings. The van der Waals surface area contributed by atoms with Crippen LogP contribution in [0.5, 0.6) is 0 Å². The van der Waals surface area contributed by atoms with Crippen LogP contribution in [0.2, 0.25) is 0 Å². The molecule has 0 saturated carbocycles. The molecule has 0 aliphatic rings. The van der Waals surface area contributed by atoms with Gasteiger partial charge in [0, 0.05) is 32.4 Å². The summed E-state index contributed by atoms with van der Waals surface area (Å²) in [6, 6.07) is 8.94. The first-order valence-electron chi connectivity index (χ1n) is 7.49. The normalized spacial score (nSPS) is 12.7. The van der Waals surface area contributed by atoms with Crippen LogP contribution >= 0.6 is 0 Å². The molecule has 0 bridgehead atoms. The van der Waals surface area contributed by atoms with E-state index >= 15 is 0 Å². The van der Waals surface area contributed by atoms with Crippen molar-refractivity contribution in [3.63, 3.8) is 0 Å². The van der Waals surface area contributed by atoms with E-state index in [1.165, 1.54) is 11.3 Å². The fraction of sp³-hybridized carbons (Fsp3) is 0.588. The molecule has 0 aromatic heterocycles. The molecule has 1 N–H and O–H groups in total. The quantitative estimate of drug-likeness (QED) is 0.800. The van der Waals surface area contributed by atoms with Gasteiger partial charge in [-0.05, 0) is 37.1 Å². The molecule has 0 saturated heterocycles. The monoisotopic (exact) mass is 292 g/mol. The number of carbonyl (C=O) groups is 1. The molecular formula is C17H28N2O2. The van der Waals surface area contributed by atoms with Gasteiger partial charge < -0.3 is 14.9 Å². The Morgan fingerprint density at radius 2 is 1.71 bits per heavy atom. The van der Waals surface area contributed by atoms with Gasteiger partial charge in [0.05, 0.1) is 6.42 Å². The molecule has 0 spiro atoms. The van der Waals surface area contributed by atoms with Crippen LogP contribution in [0.3, 0.4) is 0 Å². The topological polar surface area (TPSA) is 43.8 Å². The minimum Gasteiger partial charge on any atom is -0.481 e. The second-order valence-corrected chi connectivity index (χ2v) is 6.20. The maximum Gasteiger partial charge on any atom is 0.304 e. The fourth-order valence-corrected chi connectivity index (χ4v) is 2.51. The molecule has 0 heterocycles. The lowest BCUT2D eigenvalue weighted by atomic mass is 9.95. The molecule has 0 aliphatic carbocycles. The summed E-state index contributed by atoms with van der Waals surface area (Å²) in [5, 5.41) is 8.82. The zero-order valence-electron chi connectivity index (χ0n) is 13.8. The van der Waals surface area contributed by atoms with Crippen LogP contribution < -0.4 is 4.90 Å². The number of aliphatic carboxylic acids is 1. The summed E-state index contributed by atoms with van der Waals surface area (Å²) in [5.74, 6) is -0.253. The minimum absolute atomic E-state index is 0.194. The van der Waals surface area contributed by atoms with E-state index in [0.717, 1.165) is 6.42 Å². The molecular weight excluding hydrogens is 264 g/mol. The number of benzene rings is 1. The SMILES string of the molecule is CC(C)C(Cc1ccc(N(C)C)cc1)N(C)CCC(=O)O. The highest BCUT2D eigenvalue weighted by atomic mass is 16.4. The van der Waals surface area contributed by atoms with Crippen molar-refractivity contribution in [1.82, 2.24) is 4.90 Å². The van der Waals surface area contributed by atoms with Crippen molar-refractivity contribution in [2.75, 3.05) is 32.6 Å². The van der Waals surface area contributed by atoms with Crippen molar-refractivity contribution < 1.29 is 9.90 Å². The summed E-state index contributed by atoms with van der Waals surface area (Å²) in [6.45, 7) is 4.97. The highest BCUT2D eigenvalue weighted by molar-refractivity contribution is 5.66. The highest BCUT2D eigenvalue weighted by Gasteiger charge is 2.19. The van der Waals surface area contributed by atoms with Gasteiger partial charge in [-0.15, -0.1) is 0 Å². The Hall–Kier alpha value is -1.55. The number of nitrogens with zero attached hydrogens (tertiary/aromatic N) is 2. The van der Waals surface area contributed by atoms with E-state index in [2.05, 4.69) is 47.9 Å². The fourth-order valence-electron chi connectivity index (χ4n) is 2.51. The van der Waals surface area contributed by atoms with Crippen molar-refractivity contribution in [3.05, 3.63) is 29.8 Å². The summed E-state index contributed by atoms with van der Waals surface area (Å²) in [6.07, 6.45) is 1.14. The van der Waals surface area contributed by atoms with E-state index in [4.69, 9.17) is 5.11 Å². The largest absolute Gasteiger partial charge is 0.481 e. The minimum atomic E-state index is -0.736. The molecule has 4 nitrogen and oxygen atoms in total. The summed E-state index contributed by atoms with van der Waals surface area (Å²) in [4.78, 5) is 15.0. The molecule has 0 aliphatic heterocycles. The highest BCUT2D eigenvalue weighted by Crippen LogP contribution is 2.18. The number of hydrogen-bond acceptors (Lipinski definition) is 3. The van der Waals surface area contributed by atoms with Crippen LogP contribution in [0.25, 0.3) is 0 Å². The smallest absolute Gasteiger partial charge is 0.304 e. The van der Waals surface area contributed by atoms with Crippen LogP contribution in [0.15, 0.2) is 24.3 Å². The second kappa shape index (κ2) is 8.03. The number of carboxylic acid groups (broad SMARTS) is 1. The van der Waals surface area contributed by atoms with Crippen LogP contribution in [0, 0.1) is 5.92 Å². The third-order valence-electron chi connectivity index (χ3n) is 3.91. The average Bonchev–Trinajstić information content (AvgIpc) is 2.42. The number of hydrogen-bond donors (Lipinski definition) is 1. The Balaban J connectivity index is 2.71. The van der Waals surface area contributed by atoms with Crippen LogP contribution in [0.4, 0.5) is 5.69 Å². The lowest BCUT2D eigenvalue weighted by Crippen LogP contribution is -2.39. The Morgan fingerprint density at radius 1 is 1.14 bits per heavy atom. The molecule has 21 heavy (non-hydrogen) atoms. The van der Waals surface area contributed by atoms with Crippen molar-refractivity contribution in [1.29, 1.82) is 0 Å². The Labute approximate surface area is 128 Å². The standard InChI is InChI=1S/C17H28N2O2/c1-13(2)16(19(5)11-10-17(20)21)12-14-6-8-15(9-7-14)18(3)4/h6-9,13,16H,10-12H2,1-5H3,(H,20,21). The van der Waals surface area contributed by atoms with E-state index in [1.54, 1.807) is 0 Å². The van der Waals surface area contributed by atoms with Crippen LogP contribution in [-0.4, -0.2) is 49.7 Å². The van der Waals surface area contributed by atoms with Gasteiger partial charge in [-0.1, -0.05) is 26.0 Å². The molecule has 0 fully saturated rings. The Kier molecular flexibility index (Phi) is 6.69. The zero-order chi connectivity index (χ0) is 16.0. The maximum absolute atomic E-state index is 10.7. The lowest BCUT2D eigenvalue weighted by Gasteiger charge is -2.31. The van der Waals surface area contributed by atoms with Gasteiger partial charge in [-0.25, -0.2) is 0 Å². The molecule has 0 amide bonds. The number of carboxylic acids is 1. The van der Waals surface area contributed by atoms with Crippen molar-refractivity contribution in [2.45, 2.75) is 32.7 Å². The summed E-state index contributed by atoms with van der Waals surface area (Å²) < 4.78 is 0. The Morgan fingerprint density at radius 3 is 2.14 bits per heavy atom. The van der Waals surface area contributed by atoms with E-state index in [9.17, 15) is 4.79 Å². The van der Waals surface area contributed by atoms with Crippen molar-refractivity contribution >= 4 is 11.7 Å². The number of likely N-dealkylation sites (N-methyl/N-ethyl adjacent to an activating group) is 1. The average molecular weight is 292 g/mol. The van der Waals surface area contributed by atoms with Gasteiger partial charge in [0.25, 0.3) is 0 Å². The number of rotatable bonds is 8. The second-order valence-electron chi connectivity index (χ2n) is 6.20.